The van der Waals surface area contributed by atoms with E-state index in [0.29, 0.717) is 0 Å². The Kier molecular flexibility index (Phi) is 1.19. The molecule has 0 bridgehead atoms. The summed E-state index contributed by atoms with van der Waals surface area (Å²) in [5, 5.41) is -0.968. The zero-order valence-electron chi connectivity index (χ0n) is 3.87. The fourth-order valence-electron chi connectivity index (χ4n) is 0.580. The summed E-state index contributed by atoms with van der Waals surface area (Å²) in [6.07, 6.45) is -2.64. The average Bonchev–Trinajstić information content (AvgIpc) is 1.65. The molecule has 4 heteroatoms. The molecule has 1 rings (SSSR count). The third kappa shape index (κ3) is 0.690. The quantitative estimate of drug-likeness (QED) is 0.456. The van der Waals surface area contributed by atoms with Gasteiger partial charge in [-0.15, -0.1) is 11.6 Å². The standard InChI is InChI=1S/C4H4ClF3/c5-2-1-4(7,8)3(2)6/h2-3H,1H2/t2-,3-/m1/s1. The van der Waals surface area contributed by atoms with Gasteiger partial charge in [0.1, 0.15) is 0 Å². The molecule has 1 aliphatic rings. The number of halogens is 4. The summed E-state index contributed by atoms with van der Waals surface area (Å²) in [6.45, 7) is 0. The monoisotopic (exact) mass is 144 g/mol. The van der Waals surface area contributed by atoms with Crippen molar-refractivity contribution in [2.75, 3.05) is 0 Å². The predicted octanol–water partition coefficient (Wildman–Crippen LogP) is 1.97. The van der Waals surface area contributed by atoms with Gasteiger partial charge < -0.3 is 0 Å². The van der Waals surface area contributed by atoms with Gasteiger partial charge in [-0.05, 0) is 0 Å². The van der Waals surface area contributed by atoms with Crippen molar-refractivity contribution in [2.24, 2.45) is 0 Å². The van der Waals surface area contributed by atoms with Crippen LogP contribution in [-0.4, -0.2) is 17.5 Å². The van der Waals surface area contributed by atoms with Crippen molar-refractivity contribution in [2.45, 2.75) is 23.9 Å². The molecule has 0 aliphatic heterocycles. The molecule has 0 nitrogen and oxygen atoms in total. The van der Waals surface area contributed by atoms with Crippen LogP contribution in [0.4, 0.5) is 13.2 Å². The molecule has 2 atom stereocenters. The molecule has 1 fully saturated rings. The summed E-state index contributed by atoms with van der Waals surface area (Å²) in [6, 6.07) is 0. The van der Waals surface area contributed by atoms with E-state index in [1.807, 2.05) is 0 Å². The van der Waals surface area contributed by atoms with Crippen LogP contribution in [0.1, 0.15) is 6.42 Å². The van der Waals surface area contributed by atoms with E-state index in [1.165, 1.54) is 0 Å². The van der Waals surface area contributed by atoms with E-state index < -0.39 is 23.9 Å². The number of hydrogen-bond donors (Lipinski definition) is 0. The van der Waals surface area contributed by atoms with Crippen LogP contribution < -0.4 is 0 Å². The molecule has 0 unspecified atom stereocenters. The second-order valence-corrected chi connectivity index (χ2v) is 2.44. The van der Waals surface area contributed by atoms with Gasteiger partial charge in [-0.2, -0.15) is 0 Å². The average molecular weight is 145 g/mol. The zero-order valence-corrected chi connectivity index (χ0v) is 4.63. The topological polar surface area (TPSA) is 0 Å². The highest BCUT2D eigenvalue weighted by Crippen LogP contribution is 2.43. The first-order valence-electron chi connectivity index (χ1n) is 2.20. The van der Waals surface area contributed by atoms with Gasteiger partial charge in [0.25, 0.3) is 5.92 Å². The van der Waals surface area contributed by atoms with Gasteiger partial charge in [0, 0.05) is 6.42 Å². The van der Waals surface area contributed by atoms with Crippen LogP contribution in [0, 0.1) is 0 Å². The van der Waals surface area contributed by atoms with Gasteiger partial charge in [0.05, 0.1) is 5.38 Å². The van der Waals surface area contributed by atoms with Crippen LogP contribution in [0.3, 0.4) is 0 Å². The largest absolute Gasteiger partial charge is 0.281 e. The van der Waals surface area contributed by atoms with E-state index in [1.54, 1.807) is 0 Å². The van der Waals surface area contributed by atoms with E-state index in [0.717, 1.165) is 0 Å². The van der Waals surface area contributed by atoms with E-state index in [2.05, 4.69) is 0 Å². The SMILES string of the molecule is F[C@@H]1[C@H](Cl)CC1(F)F. The molecule has 1 saturated carbocycles. The molecule has 0 radical (unpaired) electrons. The van der Waals surface area contributed by atoms with E-state index in [4.69, 9.17) is 11.6 Å². The first-order chi connectivity index (χ1) is 3.54. The van der Waals surface area contributed by atoms with Gasteiger partial charge in [-0.3, -0.25) is 0 Å². The maximum absolute atomic E-state index is 11.8. The minimum absolute atomic E-state index is 0.518. The highest BCUT2D eigenvalue weighted by molar-refractivity contribution is 6.21. The molecular weight excluding hydrogens is 140 g/mol. The summed E-state index contributed by atoms with van der Waals surface area (Å²) in [5.41, 5.74) is 0. The van der Waals surface area contributed by atoms with Gasteiger partial charge in [-0.25, -0.2) is 13.2 Å². The third-order valence-corrected chi connectivity index (χ3v) is 1.56. The molecule has 1 aliphatic carbocycles. The van der Waals surface area contributed by atoms with Crippen LogP contribution in [0.5, 0.6) is 0 Å². The van der Waals surface area contributed by atoms with Crippen LogP contribution >= 0.6 is 11.6 Å². The highest BCUT2D eigenvalue weighted by atomic mass is 35.5. The molecule has 0 spiro atoms. The van der Waals surface area contributed by atoms with Gasteiger partial charge >= 0.3 is 0 Å². The normalized spacial score (nSPS) is 43.5. The lowest BCUT2D eigenvalue weighted by atomic mass is 9.92. The number of alkyl halides is 4. The summed E-state index contributed by atoms with van der Waals surface area (Å²) in [5.74, 6) is -3.15. The lowest BCUT2D eigenvalue weighted by Crippen LogP contribution is -2.50. The molecule has 0 aromatic carbocycles. The van der Waals surface area contributed by atoms with E-state index in [-0.39, 0.29) is 0 Å². The first kappa shape index (κ1) is 6.20. The Morgan fingerprint density at radius 1 is 1.50 bits per heavy atom. The highest BCUT2D eigenvalue weighted by Gasteiger charge is 2.56. The van der Waals surface area contributed by atoms with Crippen LogP contribution in [0.2, 0.25) is 0 Å². The summed E-state index contributed by atoms with van der Waals surface area (Å²) in [4.78, 5) is 0. The van der Waals surface area contributed by atoms with Crippen molar-refractivity contribution >= 4 is 11.6 Å². The Morgan fingerprint density at radius 2 is 2.00 bits per heavy atom. The van der Waals surface area contributed by atoms with Crippen LogP contribution in [-0.2, 0) is 0 Å². The van der Waals surface area contributed by atoms with Crippen LogP contribution in [0.15, 0.2) is 0 Å². The predicted molar refractivity (Wildman–Crippen MR) is 24.1 cm³/mol. The van der Waals surface area contributed by atoms with Crippen molar-refractivity contribution in [3.05, 3.63) is 0 Å². The molecule has 0 heterocycles. The molecule has 0 N–H and O–H groups in total. The molecule has 0 amide bonds. The molecule has 0 aromatic rings. The Balaban J connectivity index is 2.47. The molecule has 0 saturated heterocycles. The molecule has 8 heavy (non-hydrogen) atoms. The Morgan fingerprint density at radius 3 is 2.00 bits per heavy atom. The summed E-state index contributed by atoms with van der Waals surface area (Å²) >= 11 is 5.03. The lowest BCUT2D eigenvalue weighted by molar-refractivity contribution is -0.138. The minimum atomic E-state index is -3.15. The Bertz CT molecular complexity index is 103. The summed E-state index contributed by atoms with van der Waals surface area (Å²) < 4.78 is 35.3. The smallest absolute Gasteiger partial charge is 0.239 e. The fourth-order valence-corrected chi connectivity index (χ4v) is 0.970. The molecule has 0 aromatic heterocycles. The minimum Gasteiger partial charge on any atom is -0.239 e. The number of rotatable bonds is 0. The fraction of sp³-hybridized carbons (Fsp3) is 1.00. The maximum Gasteiger partial charge on any atom is 0.281 e. The second-order valence-electron chi connectivity index (χ2n) is 1.88. The molecule has 48 valence electrons. The zero-order chi connectivity index (χ0) is 6.36. The van der Waals surface area contributed by atoms with Gasteiger partial charge in [0.15, 0.2) is 6.17 Å². The maximum atomic E-state index is 11.8. The van der Waals surface area contributed by atoms with Crippen LogP contribution in [0.25, 0.3) is 0 Å². The van der Waals surface area contributed by atoms with Crippen molar-refractivity contribution in [3.63, 3.8) is 0 Å². The van der Waals surface area contributed by atoms with Crippen molar-refractivity contribution in [3.8, 4) is 0 Å². The summed E-state index contributed by atoms with van der Waals surface area (Å²) in [7, 11) is 0. The second kappa shape index (κ2) is 1.53. The van der Waals surface area contributed by atoms with Gasteiger partial charge in [-0.1, -0.05) is 0 Å². The Labute approximate surface area is 49.6 Å². The Hall–Kier alpha value is 0.0800. The number of hydrogen-bond acceptors (Lipinski definition) is 0. The molecular formula is C4H4ClF3. The van der Waals surface area contributed by atoms with Gasteiger partial charge in [0.2, 0.25) is 0 Å². The first-order valence-corrected chi connectivity index (χ1v) is 2.63. The van der Waals surface area contributed by atoms with Crippen molar-refractivity contribution in [1.29, 1.82) is 0 Å². The third-order valence-electron chi connectivity index (χ3n) is 1.19. The van der Waals surface area contributed by atoms with E-state index >= 15 is 0 Å². The lowest BCUT2D eigenvalue weighted by Gasteiger charge is -2.34. The van der Waals surface area contributed by atoms with E-state index in [9.17, 15) is 13.2 Å². The van der Waals surface area contributed by atoms with Crippen molar-refractivity contribution in [1.82, 2.24) is 0 Å². The van der Waals surface area contributed by atoms with Crippen molar-refractivity contribution < 1.29 is 13.2 Å².